The first kappa shape index (κ1) is 26.3. The fourth-order valence-corrected chi connectivity index (χ4v) is 4.39. The van der Waals surface area contributed by atoms with Gasteiger partial charge in [-0.15, -0.1) is 0 Å². The predicted octanol–water partition coefficient (Wildman–Crippen LogP) is 2.93. The van der Waals surface area contributed by atoms with Crippen molar-refractivity contribution in [2.45, 2.75) is 44.7 Å². The van der Waals surface area contributed by atoms with Crippen LogP contribution < -0.4 is 26.4 Å². The molecule has 1 atom stereocenters. The maximum Gasteiger partial charge on any atom is 0.320 e. The number of anilines is 1. The van der Waals surface area contributed by atoms with Crippen LogP contribution in [0, 0.1) is 0 Å². The van der Waals surface area contributed by atoms with Gasteiger partial charge in [-0.1, -0.05) is 36.6 Å². The van der Waals surface area contributed by atoms with Gasteiger partial charge in [-0.2, -0.15) is 0 Å². The number of nitrogens with two attached hydrogens (primary N) is 2. The third kappa shape index (κ3) is 7.10. The zero-order valence-corrected chi connectivity index (χ0v) is 20.6. The lowest BCUT2D eigenvalue weighted by molar-refractivity contribution is -0.138. The van der Waals surface area contributed by atoms with E-state index < -0.39 is 17.9 Å². The zero-order valence-electron chi connectivity index (χ0n) is 19.8. The minimum absolute atomic E-state index is 0.0316. The smallest absolute Gasteiger partial charge is 0.320 e. The fraction of sp³-hybridized carbons (Fsp3) is 0.400. The molecule has 3 rings (SSSR count). The highest BCUT2D eigenvalue weighted by Gasteiger charge is 2.20. The van der Waals surface area contributed by atoms with E-state index in [4.69, 9.17) is 32.9 Å². The molecule has 35 heavy (non-hydrogen) atoms. The second-order valence-electron chi connectivity index (χ2n) is 8.48. The van der Waals surface area contributed by atoms with E-state index in [9.17, 15) is 9.59 Å². The monoisotopic (exact) mass is 501 g/mol. The molecule has 0 aliphatic carbocycles. The maximum absolute atomic E-state index is 12.6. The number of aliphatic carboxylic acids is 1. The molecule has 0 unspecified atom stereocenters. The quantitative estimate of drug-likeness (QED) is 0.321. The number of amides is 1. The van der Waals surface area contributed by atoms with Gasteiger partial charge >= 0.3 is 5.97 Å². The summed E-state index contributed by atoms with van der Waals surface area (Å²) in [5.74, 6) is -0.875. The van der Waals surface area contributed by atoms with Gasteiger partial charge in [0, 0.05) is 24.2 Å². The predicted molar refractivity (Wildman–Crippen MR) is 137 cm³/mol. The topological polar surface area (TPSA) is 143 Å². The Kier molecular flexibility index (Phi) is 9.33. The Bertz CT molecular complexity index is 1070. The molecule has 2 aromatic carbocycles. The third-order valence-electron chi connectivity index (χ3n) is 5.97. The van der Waals surface area contributed by atoms with Gasteiger partial charge in [0.15, 0.2) is 5.96 Å². The Morgan fingerprint density at radius 1 is 1.14 bits per heavy atom. The number of aliphatic imine (C=N–C) groups is 1. The number of carboxylic acids is 1. The van der Waals surface area contributed by atoms with E-state index in [-0.39, 0.29) is 18.9 Å². The number of hydrogen-bond acceptors (Lipinski definition) is 6. The molecule has 1 amide bonds. The molecule has 10 heteroatoms. The lowest BCUT2D eigenvalue weighted by Crippen LogP contribution is -2.37. The molecule has 9 nitrogen and oxygen atoms in total. The van der Waals surface area contributed by atoms with E-state index in [0.29, 0.717) is 21.9 Å². The van der Waals surface area contributed by atoms with Crippen molar-refractivity contribution < 1.29 is 19.4 Å². The highest BCUT2D eigenvalue weighted by Crippen LogP contribution is 2.37. The lowest BCUT2D eigenvalue weighted by atomic mass is 10.0. The van der Waals surface area contributed by atoms with Crippen LogP contribution in [0.3, 0.4) is 0 Å². The Morgan fingerprint density at radius 3 is 2.40 bits per heavy atom. The molecule has 0 spiro atoms. The van der Waals surface area contributed by atoms with Gasteiger partial charge in [0.1, 0.15) is 11.8 Å². The van der Waals surface area contributed by atoms with Gasteiger partial charge in [-0.3, -0.25) is 14.9 Å². The van der Waals surface area contributed by atoms with Crippen LogP contribution >= 0.6 is 11.6 Å². The van der Waals surface area contributed by atoms with Crippen LogP contribution in [-0.4, -0.2) is 49.2 Å². The standard InChI is InChI=1S/C25H32ClN5O4/c1-35-21-11-10-19(26)22(31-12-4-2-3-5-13-31)18(21)15-29-25(28)30-23(32)17-8-6-16(7-9-17)14-20(27)24(33)34/h6-11,20H,2-5,12-15,27H2,1H3,(H,33,34)(H3,28,29,30,32)/t20-/m0/s1. The molecule has 2 aromatic rings. The van der Waals surface area contributed by atoms with Crippen molar-refractivity contribution in [3.05, 3.63) is 58.1 Å². The molecular weight excluding hydrogens is 470 g/mol. The van der Waals surface area contributed by atoms with E-state index >= 15 is 0 Å². The number of halogens is 1. The van der Waals surface area contributed by atoms with Gasteiger partial charge in [0.05, 0.1) is 24.4 Å². The van der Waals surface area contributed by atoms with Gasteiger partial charge < -0.3 is 26.2 Å². The number of hydrogen-bond donors (Lipinski definition) is 4. The first-order valence-corrected chi connectivity index (χ1v) is 12.0. The number of nitrogens with zero attached hydrogens (tertiary/aromatic N) is 2. The lowest BCUT2D eigenvalue weighted by Gasteiger charge is -2.27. The van der Waals surface area contributed by atoms with Gasteiger partial charge in [0.25, 0.3) is 5.91 Å². The van der Waals surface area contributed by atoms with E-state index in [1.807, 2.05) is 6.07 Å². The Labute approximate surface area is 210 Å². The van der Waals surface area contributed by atoms with E-state index in [1.54, 1.807) is 37.4 Å². The highest BCUT2D eigenvalue weighted by atomic mass is 35.5. The summed E-state index contributed by atoms with van der Waals surface area (Å²) in [6.07, 6.45) is 4.74. The number of ether oxygens (including phenoxy) is 1. The second-order valence-corrected chi connectivity index (χ2v) is 8.89. The summed E-state index contributed by atoms with van der Waals surface area (Å²) in [6, 6.07) is 9.13. The van der Waals surface area contributed by atoms with Crippen molar-refractivity contribution >= 4 is 35.1 Å². The summed E-state index contributed by atoms with van der Waals surface area (Å²) < 4.78 is 5.57. The van der Waals surface area contributed by atoms with Crippen molar-refractivity contribution in [2.75, 3.05) is 25.1 Å². The molecular formula is C25H32ClN5O4. The molecule has 1 fully saturated rings. The van der Waals surface area contributed by atoms with Gasteiger partial charge in [0.2, 0.25) is 0 Å². The summed E-state index contributed by atoms with van der Waals surface area (Å²) in [4.78, 5) is 30.2. The molecule has 1 saturated heterocycles. The van der Waals surface area contributed by atoms with Crippen molar-refractivity contribution in [2.24, 2.45) is 16.5 Å². The van der Waals surface area contributed by atoms with Crippen LogP contribution in [0.4, 0.5) is 5.69 Å². The summed E-state index contributed by atoms with van der Waals surface area (Å²) in [6.45, 7) is 2.00. The SMILES string of the molecule is COc1ccc(Cl)c(N2CCCCCC2)c1CN=C(N)NC(=O)c1ccc(C[C@H](N)C(=O)O)cc1. The van der Waals surface area contributed by atoms with E-state index in [1.165, 1.54) is 12.8 Å². The summed E-state index contributed by atoms with van der Waals surface area (Å²) in [5, 5.41) is 12.2. The van der Waals surface area contributed by atoms with Crippen molar-refractivity contribution in [1.29, 1.82) is 0 Å². The van der Waals surface area contributed by atoms with Crippen molar-refractivity contribution in [3.63, 3.8) is 0 Å². The minimum Gasteiger partial charge on any atom is -0.496 e. The maximum atomic E-state index is 12.6. The second kappa shape index (κ2) is 12.4. The van der Waals surface area contributed by atoms with Crippen LogP contribution in [0.2, 0.25) is 5.02 Å². The van der Waals surface area contributed by atoms with E-state index in [2.05, 4.69) is 15.2 Å². The first-order valence-electron chi connectivity index (χ1n) is 11.6. The molecule has 0 aromatic heterocycles. The van der Waals surface area contributed by atoms with Crippen molar-refractivity contribution in [3.8, 4) is 5.75 Å². The Morgan fingerprint density at radius 2 is 1.80 bits per heavy atom. The van der Waals surface area contributed by atoms with Gasteiger partial charge in [-0.25, -0.2) is 4.99 Å². The number of carbonyl (C=O) groups is 2. The molecule has 6 N–H and O–H groups in total. The molecule has 188 valence electrons. The number of methoxy groups -OCH3 is 1. The number of carbonyl (C=O) groups excluding carboxylic acids is 1. The van der Waals surface area contributed by atoms with Crippen LogP contribution in [0.5, 0.6) is 5.75 Å². The van der Waals surface area contributed by atoms with Crippen molar-refractivity contribution in [1.82, 2.24) is 5.32 Å². The number of rotatable bonds is 8. The normalized spacial score (nSPS) is 15.3. The third-order valence-corrected chi connectivity index (χ3v) is 6.28. The summed E-state index contributed by atoms with van der Waals surface area (Å²) >= 11 is 6.60. The molecule has 0 saturated carbocycles. The van der Waals surface area contributed by atoms with Crippen LogP contribution in [0.25, 0.3) is 0 Å². The first-order chi connectivity index (χ1) is 16.8. The Balaban J connectivity index is 1.72. The molecule has 1 aliphatic heterocycles. The number of benzene rings is 2. The number of nitrogens with one attached hydrogen (secondary N) is 1. The largest absolute Gasteiger partial charge is 0.496 e. The summed E-state index contributed by atoms with van der Waals surface area (Å²) in [5.41, 5.74) is 14.4. The minimum atomic E-state index is -1.08. The van der Waals surface area contributed by atoms with Crippen LogP contribution in [0.15, 0.2) is 41.4 Å². The fourth-order valence-electron chi connectivity index (χ4n) is 4.10. The average Bonchev–Trinajstić information content (AvgIpc) is 3.12. The molecule has 0 bridgehead atoms. The van der Waals surface area contributed by atoms with E-state index in [0.717, 1.165) is 37.2 Å². The Hall–Kier alpha value is -3.30. The number of carboxylic acid groups (broad SMARTS) is 1. The molecule has 1 heterocycles. The molecule has 1 aliphatic rings. The highest BCUT2D eigenvalue weighted by molar-refractivity contribution is 6.33. The van der Waals surface area contributed by atoms with Crippen LogP contribution in [0.1, 0.15) is 47.2 Å². The summed E-state index contributed by atoms with van der Waals surface area (Å²) in [7, 11) is 1.60. The number of guanidine groups is 1. The molecule has 0 radical (unpaired) electrons. The van der Waals surface area contributed by atoms with Gasteiger partial charge in [-0.05, 0) is 49.1 Å². The zero-order chi connectivity index (χ0) is 25.4. The average molecular weight is 502 g/mol. The van der Waals surface area contributed by atoms with Crippen LogP contribution in [-0.2, 0) is 17.8 Å².